The van der Waals surface area contributed by atoms with E-state index in [4.69, 9.17) is 23.2 Å². The maximum Gasteiger partial charge on any atom is 0.0509 e. The van der Waals surface area contributed by atoms with Crippen LogP contribution in [0.5, 0.6) is 0 Å². The minimum atomic E-state index is 0.458. The summed E-state index contributed by atoms with van der Waals surface area (Å²) in [5, 5.41) is 0.753. The van der Waals surface area contributed by atoms with Crippen molar-refractivity contribution in [2.24, 2.45) is 5.92 Å². The molecule has 0 radical (unpaired) electrons. The van der Waals surface area contributed by atoms with Crippen molar-refractivity contribution in [1.29, 1.82) is 0 Å². The molecule has 16 heavy (non-hydrogen) atoms. The molecule has 0 N–H and O–H groups in total. The molecule has 0 saturated carbocycles. The first-order chi connectivity index (χ1) is 7.60. The van der Waals surface area contributed by atoms with E-state index in [0.29, 0.717) is 11.8 Å². The van der Waals surface area contributed by atoms with E-state index < -0.39 is 0 Å². The van der Waals surface area contributed by atoms with Gasteiger partial charge in [-0.25, -0.2) is 0 Å². The molecule has 0 aliphatic carbocycles. The maximum atomic E-state index is 6.13. The van der Waals surface area contributed by atoms with Gasteiger partial charge in [0.15, 0.2) is 0 Å². The molecule has 90 valence electrons. The molecule has 1 nitrogen and oxygen atoms in total. The van der Waals surface area contributed by atoms with Crippen LogP contribution >= 0.6 is 23.2 Å². The van der Waals surface area contributed by atoms with E-state index in [1.54, 1.807) is 0 Å². The lowest BCUT2D eigenvalue weighted by atomic mass is 10.1. The smallest absolute Gasteiger partial charge is 0.0509 e. The number of nitrogens with zero attached hydrogens (tertiary/aromatic N) is 1. The molecule has 1 atom stereocenters. The van der Waals surface area contributed by atoms with Gasteiger partial charge in [0, 0.05) is 29.9 Å². The van der Waals surface area contributed by atoms with Crippen LogP contribution in [0.3, 0.4) is 0 Å². The van der Waals surface area contributed by atoms with Crippen molar-refractivity contribution in [2.75, 3.05) is 18.5 Å². The molecule has 0 aromatic heterocycles. The summed E-state index contributed by atoms with van der Waals surface area (Å²) >= 11 is 12.1. The molecule has 0 spiro atoms. The zero-order valence-electron chi connectivity index (χ0n) is 10.1. The molecule has 0 aliphatic heterocycles. The first-order valence-corrected chi connectivity index (χ1v) is 6.55. The highest BCUT2D eigenvalue weighted by Gasteiger charge is 2.11. The topological polar surface area (TPSA) is 3.24 Å². The molecule has 3 heteroatoms. The lowest BCUT2D eigenvalue weighted by Gasteiger charge is -2.25. The van der Waals surface area contributed by atoms with Gasteiger partial charge < -0.3 is 4.90 Å². The van der Waals surface area contributed by atoms with Crippen LogP contribution in [-0.4, -0.2) is 13.6 Å². The summed E-state index contributed by atoms with van der Waals surface area (Å²) in [6, 6.07) is 5.94. The average Bonchev–Trinajstić information content (AvgIpc) is 2.28. The molecule has 0 amide bonds. The Hall–Kier alpha value is -0.400. The summed E-state index contributed by atoms with van der Waals surface area (Å²) in [5.41, 5.74) is 2.17. The van der Waals surface area contributed by atoms with E-state index >= 15 is 0 Å². The minimum absolute atomic E-state index is 0.458. The zero-order valence-corrected chi connectivity index (χ0v) is 11.6. The lowest BCUT2D eigenvalue weighted by Crippen LogP contribution is -2.24. The van der Waals surface area contributed by atoms with Crippen LogP contribution in [0.15, 0.2) is 18.2 Å². The van der Waals surface area contributed by atoms with Gasteiger partial charge >= 0.3 is 0 Å². The number of benzene rings is 1. The van der Waals surface area contributed by atoms with Crippen LogP contribution in [-0.2, 0) is 5.88 Å². The van der Waals surface area contributed by atoms with Gasteiger partial charge in [-0.3, -0.25) is 0 Å². The van der Waals surface area contributed by atoms with Gasteiger partial charge in [0.25, 0.3) is 0 Å². The Balaban J connectivity index is 2.90. The third-order valence-electron chi connectivity index (χ3n) is 2.92. The normalized spacial score (nSPS) is 12.6. The fraction of sp³-hybridized carbons (Fsp3) is 0.538. The zero-order chi connectivity index (χ0) is 12.1. The van der Waals surface area contributed by atoms with Crippen LogP contribution in [0.25, 0.3) is 0 Å². The largest absolute Gasteiger partial charge is 0.374 e. The summed E-state index contributed by atoms with van der Waals surface area (Å²) in [4.78, 5) is 2.23. The number of halogens is 2. The van der Waals surface area contributed by atoms with E-state index in [-0.39, 0.29) is 0 Å². The molecule has 0 fully saturated rings. The van der Waals surface area contributed by atoms with Gasteiger partial charge in [-0.1, -0.05) is 37.9 Å². The Kier molecular flexibility index (Phi) is 5.43. The van der Waals surface area contributed by atoms with Crippen molar-refractivity contribution in [3.05, 3.63) is 28.8 Å². The monoisotopic (exact) mass is 259 g/mol. The molecule has 0 heterocycles. The molecule has 0 bridgehead atoms. The van der Waals surface area contributed by atoms with Gasteiger partial charge in [-0.15, -0.1) is 11.6 Å². The number of hydrogen-bond donors (Lipinski definition) is 0. The summed E-state index contributed by atoms with van der Waals surface area (Å²) in [6.45, 7) is 5.49. The van der Waals surface area contributed by atoms with Gasteiger partial charge in [0.05, 0.1) is 5.88 Å². The van der Waals surface area contributed by atoms with Gasteiger partial charge in [-0.05, 0) is 18.1 Å². The predicted octanol–water partition coefficient (Wildman–Crippen LogP) is 4.56. The number of alkyl halides is 1. The Morgan fingerprint density at radius 1 is 1.38 bits per heavy atom. The van der Waals surface area contributed by atoms with Crippen LogP contribution in [0.2, 0.25) is 5.02 Å². The van der Waals surface area contributed by atoms with Gasteiger partial charge in [-0.2, -0.15) is 0 Å². The molecular weight excluding hydrogens is 241 g/mol. The predicted molar refractivity (Wildman–Crippen MR) is 73.7 cm³/mol. The molecule has 1 aromatic carbocycles. The summed E-state index contributed by atoms with van der Waals surface area (Å²) in [5.74, 6) is 1.13. The van der Waals surface area contributed by atoms with E-state index in [0.717, 1.165) is 22.8 Å². The number of rotatable bonds is 5. The van der Waals surface area contributed by atoms with Crippen molar-refractivity contribution in [3.63, 3.8) is 0 Å². The third-order valence-corrected chi connectivity index (χ3v) is 3.54. The van der Waals surface area contributed by atoms with Gasteiger partial charge in [0.1, 0.15) is 0 Å². The second-order valence-corrected chi connectivity index (χ2v) is 4.94. The second kappa shape index (κ2) is 6.36. The van der Waals surface area contributed by atoms with Gasteiger partial charge in [0.2, 0.25) is 0 Å². The fourth-order valence-corrected chi connectivity index (χ4v) is 2.32. The van der Waals surface area contributed by atoms with Crippen molar-refractivity contribution >= 4 is 28.9 Å². The summed E-state index contributed by atoms with van der Waals surface area (Å²) < 4.78 is 0. The van der Waals surface area contributed by atoms with Crippen molar-refractivity contribution in [2.45, 2.75) is 26.1 Å². The highest BCUT2D eigenvalue weighted by molar-refractivity contribution is 6.32. The molecular formula is C13H19Cl2N. The summed E-state index contributed by atoms with van der Waals surface area (Å²) in [6.07, 6.45) is 1.18. The van der Waals surface area contributed by atoms with E-state index in [2.05, 4.69) is 31.9 Å². The Bertz CT molecular complexity index is 339. The third kappa shape index (κ3) is 3.29. The fourth-order valence-electron chi connectivity index (χ4n) is 1.73. The van der Waals surface area contributed by atoms with E-state index in [9.17, 15) is 0 Å². The van der Waals surface area contributed by atoms with E-state index in [1.165, 1.54) is 6.42 Å². The molecule has 1 rings (SSSR count). The molecule has 1 unspecified atom stereocenters. The Morgan fingerprint density at radius 3 is 2.62 bits per heavy atom. The first kappa shape index (κ1) is 13.7. The van der Waals surface area contributed by atoms with Crippen LogP contribution in [0, 0.1) is 5.92 Å². The second-order valence-electron chi connectivity index (χ2n) is 4.27. The van der Waals surface area contributed by atoms with Crippen LogP contribution < -0.4 is 4.90 Å². The molecule has 0 saturated heterocycles. The Labute approximate surface area is 108 Å². The first-order valence-electron chi connectivity index (χ1n) is 5.64. The molecule has 1 aromatic rings. The van der Waals surface area contributed by atoms with Crippen molar-refractivity contribution in [3.8, 4) is 0 Å². The molecule has 0 aliphatic rings. The van der Waals surface area contributed by atoms with Crippen molar-refractivity contribution < 1.29 is 0 Å². The minimum Gasteiger partial charge on any atom is -0.374 e. The Morgan fingerprint density at radius 2 is 2.06 bits per heavy atom. The van der Waals surface area contributed by atoms with Crippen LogP contribution in [0.4, 0.5) is 5.69 Å². The lowest BCUT2D eigenvalue weighted by molar-refractivity contribution is 0.559. The number of hydrogen-bond acceptors (Lipinski definition) is 1. The number of anilines is 1. The maximum absolute atomic E-state index is 6.13. The highest BCUT2D eigenvalue weighted by atomic mass is 35.5. The van der Waals surface area contributed by atoms with E-state index in [1.807, 2.05) is 12.1 Å². The standard InChI is InChI=1S/C13H19Cl2N/c1-4-10(2)9-16(3)13-7-5-6-12(15)11(13)8-14/h5-7,10H,4,8-9H2,1-3H3. The summed E-state index contributed by atoms with van der Waals surface area (Å²) in [7, 11) is 2.09. The average molecular weight is 260 g/mol. The van der Waals surface area contributed by atoms with Crippen molar-refractivity contribution in [1.82, 2.24) is 0 Å². The quantitative estimate of drug-likeness (QED) is 0.701. The van der Waals surface area contributed by atoms with Crippen LogP contribution in [0.1, 0.15) is 25.8 Å². The SMILES string of the molecule is CCC(C)CN(C)c1cccc(Cl)c1CCl. The highest BCUT2D eigenvalue weighted by Crippen LogP contribution is 2.28.